The normalized spacial score (nSPS) is 22.4. The lowest BCUT2D eigenvalue weighted by atomic mass is 9.86. The Morgan fingerprint density at radius 2 is 1.77 bits per heavy atom. The minimum absolute atomic E-state index is 0.000629. The van der Waals surface area contributed by atoms with Crippen molar-refractivity contribution in [3.05, 3.63) is 84.3 Å². The van der Waals surface area contributed by atoms with Gasteiger partial charge < -0.3 is 25.0 Å². The molecule has 2 aromatic heterocycles. The van der Waals surface area contributed by atoms with Gasteiger partial charge in [0.05, 0.1) is 12.6 Å². The van der Waals surface area contributed by atoms with E-state index in [4.69, 9.17) is 0 Å². The number of hydrogen-bond acceptors (Lipinski definition) is 5. The Hall–Kier alpha value is -4.66. The maximum absolute atomic E-state index is 13.3. The largest absolute Gasteiger partial charge is 0.378 e. The third-order valence-corrected chi connectivity index (χ3v) is 8.78. The second-order valence-electron chi connectivity index (χ2n) is 11.3. The number of carbonyl (C=O) groups is 3. The van der Waals surface area contributed by atoms with Crippen molar-refractivity contribution in [2.24, 2.45) is 5.41 Å². The molecule has 2 aromatic carbocycles. The molecule has 1 saturated carbocycles. The number of piperidine rings is 1. The summed E-state index contributed by atoms with van der Waals surface area (Å²) >= 11 is 0. The lowest BCUT2D eigenvalue weighted by molar-refractivity contribution is -0.130. The van der Waals surface area contributed by atoms with E-state index >= 15 is 0 Å². The smallest absolute Gasteiger partial charge is 0.272 e. The van der Waals surface area contributed by atoms with Crippen molar-refractivity contribution in [3.8, 4) is 11.1 Å². The van der Waals surface area contributed by atoms with Crippen LogP contribution in [0.3, 0.4) is 0 Å². The van der Waals surface area contributed by atoms with Gasteiger partial charge in [-0.25, -0.2) is 0 Å². The Labute approximate surface area is 231 Å². The van der Waals surface area contributed by atoms with Crippen LogP contribution in [-0.4, -0.2) is 83.3 Å². The van der Waals surface area contributed by atoms with E-state index in [1.54, 1.807) is 18.3 Å². The van der Waals surface area contributed by atoms with Crippen molar-refractivity contribution >= 4 is 34.3 Å². The highest BCUT2D eigenvalue weighted by atomic mass is 16.2. The van der Waals surface area contributed by atoms with Gasteiger partial charge in [0.25, 0.3) is 11.8 Å². The van der Waals surface area contributed by atoms with Crippen molar-refractivity contribution in [3.63, 3.8) is 0 Å². The third kappa shape index (κ3) is 3.84. The molecule has 7 rings (SSSR count). The zero-order valence-corrected chi connectivity index (χ0v) is 22.4. The van der Waals surface area contributed by atoms with Crippen LogP contribution in [0.5, 0.6) is 0 Å². The van der Waals surface area contributed by atoms with E-state index < -0.39 is 0 Å². The van der Waals surface area contributed by atoms with E-state index in [1.165, 1.54) is 0 Å². The number of likely N-dealkylation sites (tertiary alicyclic amines) is 2. The summed E-state index contributed by atoms with van der Waals surface area (Å²) < 4.78 is 0. The minimum Gasteiger partial charge on any atom is -0.378 e. The molecule has 4 aromatic rings. The molecule has 0 bridgehead atoms. The molecular formula is C31H30N6O3. The number of nitrogens with one attached hydrogen (secondary N) is 2. The Bertz CT molecular complexity index is 1610. The van der Waals surface area contributed by atoms with E-state index in [2.05, 4.69) is 27.4 Å². The molecule has 40 heavy (non-hydrogen) atoms. The third-order valence-electron chi connectivity index (χ3n) is 8.78. The number of hydrogen-bond donors (Lipinski definition) is 2. The van der Waals surface area contributed by atoms with Crippen LogP contribution in [0.15, 0.2) is 72.9 Å². The van der Waals surface area contributed by atoms with E-state index in [0.717, 1.165) is 34.1 Å². The average Bonchev–Trinajstić information content (AvgIpc) is 3.48. The van der Waals surface area contributed by atoms with Gasteiger partial charge in [-0.05, 0) is 42.3 Å². The maximum Gasteiger partial charge on any atom is 0.272 e. The number of para-hydroxylation sites is 1. The Morgan fingerprint density at radius 1 is 1.00 bits per heavy atom. The Kier molecular flexibility index (Phi) is 5.45. The number of nitrogens with zero attached hydrogens (tertiary/aromatic N) is 4. The number of aromatic amines is 1. The highest BCUT2D eigenvalue weighted by Gasteiger charge is 2.75. The minimum atomic E-state index is -0.308. The summed E-state index contributed by atoms with van der Waals surface area (Å²) in [5, 5.41) is 3.70. The highest BCUT2D eigenvalue weighted by Crippen LogP contribution is 2.64. The molecule has 3 fully saturated rings. The first-order valence-electron chi connectivity index (χ1n) is 13.5. The predicted molar refractivity (Wildman–Crippen MR) is 152 cm³/mol. The lowest BCUT2D eigenvalue weighted by Crippen LogP contribution is -2.61. The van der Waals surface area contributed by atoms with Crippen LogP contribution in [0, 0.1) is 5.41 Å². The van der Waals surface area contributed by atoms with Crippen molar-refractivity contribution < 1.29 is 14.4 Å². The molecular weight excluding hydrogens is 504 g/mol. The SMILES string of the molecule is CN(C)c1ccc(-c2ccc(C(=O)N3CC45CC4N(C(=O)CNC(=O)c4cc6ccccc6[nH]4)CC35)nc2)cc1. The molecule has 3 atom stereocenters. The molecule has 1 aliphatic carbocycles. The van der Waals surface area contributed by atoms with Crippen LogP contribution < -0.4 is 10.2 Å². The summed E-state index contributed by atoms with van der Waals surface area (Å²) in [6.07, 6.45) is 2.64. The summed E-state index contributed by atoms with van der Waals surface area (Å²) in [4.78, 5) is 52.3. The quantitative estimate of drug-likeness (QED) is 0.396. The standard InChI is InChI=1S/C31H30N6O3/c1-35(2)22-10-7-19(8-11-22)21-9-12-24(32-15-21)30(40)37-18-31-14-26(31)36(17-27(31)37)28(38)16-33-29(39)25-13-20-5-3-4-6-23(20)34-25/h3-13,15,26-27,34H,14,16-18H2,1-2H3,(H,33,39). The number of carbonyl (C=O) groups excluding carboxylic acids is 3. The number of amides is 3. The number of fused-ring (bicyclic) bond motifs is 1. The number of H-pyrrole nitrogens is 1. The summed E-state index contributed by atoms with van der Waals surface area (Å²) in [6.45, 7) is 1.07. The van der Waals surface area contributed by atoms with Crippen LogP contribution in [0.1, 0.15) is 27.4 Å². The maximum atomic E-state index is 13.3. The summed E-state index contributed by atoms with van der Waals surface area (Å²) in [7, 11) is 4.01. The van der Waals surface area contributed by atoms with Gasteiger partial charge in [-0.15, -0.1) is 0 Å². The van der Waals surface area contributed by atoms with Gasteiger partial charge >= 0.3 is 0 Å². The zero-order valence-electron chi connectivity index (χ0n) is 22.4. The van der Waals surface area contributed by atoms with Gasteiger partial charge in [0, 0.05) is 67.0 Å². The second-order valence-corrected chi connectivity index (χ2v) is 11.3. The van der Waals surface area contributed by atoms with Gasteiger partial charge in [-0.1, -0.05) is 36.4 Å². The first-order chi connectivity index (χ1) is 19.3. The van der Waals surface area contributed by atoms with E-state index in [0.29, 0.717) is 24.5 Å². The monoisotopic (exact) mass is 534 g/mol. The number of rotatable bonds is 6. The molecule has 202 valence electrons. The molecule has 3 aliphatic rings. The average molecular weight is 535 g/mol. The van der Waals surface area contributed by atoms with Crippen molar-refractivity contribution in [2.45, 2.75) is 18.5 Å². The topological polar surface area (TPSA) is 102 Å². The predicted octanol–water partition coefficient (Wildman–Crippen LogP) is 3.15. The van der Waals surface area contributed by atoms with E-state index in [1.807, 2.05) is 71.3 Å². The van der Waals surface area contributed by atoms with Crippen LogP contribution in [0.4, 0.5) is 5.69 Å². The van der Waals surface area contributed by atoms with Gasteiger partial charge in [0.2, 0.25) is 5.91 Å². The van der Waals surface area contributed by atoms with Gasteiger partial charge in [-0.3, -0.25) is 19.4 Å². The van der Waals surface area contributed by atoms with Gasteiger partial charge in [-0.2, -0.15) is 0 Å². The second kappa shape index (κ2) is 8.94. The first-order valence-corrected chi connectivity index (χ1v) is 13.5. The zero-order chi connectivity index (χ0) is 27.6. The van der Waals surface area contributed by atoms with Crippen molar-refractivity contribution in [1.29, 1.82) is 0 Å². The molecule has 2 N–H and O–H groups in total. The number of benzene rings is 2. The van der Waals surface area contributed by atoms with Gasteiger partial charge in [0.15, 0.2) is 0 Å². The molecule has 3 amide bonds. The number of anilines is 1. The number of aromatic nitrogens is 2. The van der Waals surface area contributed by atoms with Gasteiger partial charge in [0.1, 0.15) is 11.4 Å². The van der Waals surface area contributed by atoms with E-state index in [-0.39, 0.29) is 41.8 Å². The molecule has 3 unspecified atom stereocenters. The summed E-state index contributed by atoms with van der Waals surface area (Å²) in [6, 6.07) is 21.5. The Balaban J connectivity index is 0.968. The molecule has 0 radical (unpaired) electrons. The Morgan fingerprint density at radius 3 is 2.50 bits per heavy atom. The fourth-order valence-electron chi connectivity index (χ4n) is 6.40. The van der Waals surface area contributed by atoms with E-state index in [9.17, 15) is 14.4 Å². The summed E-state index contributed by atoms with van der Waals surface area (Å²) in [5.74, 6) is -0.523. The van der Waals surface area contributed by atoms with Crippen molar-refractivity contribution in [1.82, 2.24) is 25.1 Å². The van der Waals surface area contributed by atoms with Crippen LogP contribution in [0.2, 0.25) is 0 Å². The van der Waals surface area contributed by atoms with Crippen LogP contribution >= 0.6 is 0 Å². The lowest BCUT2D eigenvalue weighted by Gasteiger charge is -2.46. The molecule has 9 heteroatoms. The fraction of sp³-hybridized carbons (Fsp3) is 0.290. The first kappa shape index (κ1) is 24.4. The highest BCUT2D eigenvalue weighted by molar-refractivity contribution is 5.99. The van der Waals surface area contributed by atoms with Crippen LogP contribution in [0.25, 0.3) is 22.0 Å². The molecule has 2 saturated heterocycles. The molecule has 9 nitrogen and oxygen atoms in total. The molecule has 2 aliphatic heterocycles. The molecule has 1 spiro atoms. The van der Waals surface area contributed by atoms with Crippen molar-refractivity contribution in [2.75, 3.05) is 38.6 Å². The summed E-state index contributed by atoms with van der Waals surface area (Å²) in [5.41, 5.74) is 4.84. The van der Waals surface area contributed by atoms with Crippen LogP contribution in [-0.2, 0) is 4.79 Å². The fourth-order valence-corrected chi connectivity index (χ4v) is 6.40. The number of pyridine rings is 1. The molecule has 4 heterocycles.